The lowest BCUT2D eigenvalue weighted by atomic mass is 9.95. The lowest BCUT2D eigenvalue weighted by Gasteiger charge is -2.29. The number of hydrogen-bond acceptors (Lipinski definition) is 3. The quantitative estimate of drug-likeness (QED) is 0.423. The van der Waals surface area contributed by atoms with E-state index in [2.05, 4.69) is 0 Å². The molecule has 0 spiro atoms. The van der Waals surface area contributed by atoms with Gasteiger partial charge in [-0.05, 0) is 13.8 Å². The fraction of sp³-hybridized carbons (Fsp3) is 0.625. The topological polar surface area (TPSA) is 46.5 Å². The number of ether oxygens (including phenoxy) is 1. The normalized spacial score (nSPS) is 27.5. The van der Waals surface area contributed by atoms with Gasteiger partial charge >= 0.3 is 0 Å². The van der Waals surface area contributed by atoms with E-state index in [1.165, 1.54) is 0 Å². The maximum absolute atomic E-state index is 11.1. The number of aliphatic hydroxyl groups is 1. The van der Waals surface area contributed by atoms with E-state index in [0.717, 1.165) is 6.26 Å². The van der Waals surface area contributed by atoms with Gasteiger partial charge in [0.15, 0.2) is 5.78 Å². The smallest absolute Gasteiger partial charge is 0.167 e. The number of rotatable bonds is 0. The van der Waals surface area contributed by atoms with Crippen LogP contribution in [0.4, 0.5) is 0 Å². The summed E-state index contributed by atoms with van der Waals surface area (Å²) in [5, 5.41) is 8.57. The number of ketones is 1. The highest BCUT2D eigenvalue weighted by molar-refractivity contribution is 5.96. The molecule has 0 radical (unpaired) electrons. The van der Waals surface area contributed by atoms with Crippen LogP contribution in [-0.2, 0) is 9.53 Å². The van der Waals surface area contributed by atoms with Crippen molar-refractivity contribution in [1.29, 1.82) is 0 Å². The molecule has 0 aromatic rings. The first kappa shape index (κ1) is 8.27. The summed E-state index contributed by atoms with van der Waals surface area (Å²) in [7, 11) is 0. The van der Waals surface area contributed by atoms with Gasteiger partial charge in [-0.15, -0.1) is 0 Å². The highest BCUT2D eigenvalue weighted by Gasteiger charge is 2.30. The van der Waals surface area contributed by atoms with Gasteiger partial charge in [-0.2, -0.15) is 0 Å². The summed E-state index contributed by atoms with van der Waals surface area (Å²) >= 11 is 0. The molecule has 62 valence electrons. The molecule has 1 rings (SSSR count). The van der Waals surface area contributed by atoms with Crippen LogP contribution in [0.3, 0.4) is 0 Å². The fourth-order valence-corrected chi connectivity index (χ4v) is 1.01. The molecule has 0 saturated carbocycles. The molecule has 0 aromatic heterocycles. The van der Waals surface area contributed by atoms with Crippen LogP contribution < -0.4 is 0 Å². The van der Waals surface area contributed by atoms with Crippen molar-refractivity contribution in [3.63, 3.8) is 0 Å². The fourth-order valence-electron chi connectivity index (χ4n) is 1.01. The first-order chi connectivity index (χ1) is 5.05. The van der Waals surface area contributed by atoms with Gasteiger partial charge in [0.05, 0.1) is 24.0 Å². The standard InChI is InChI=1S/C8H12O3/c1-8(2)3-7(10)6(4-9)5-11-8/h4,9H,3,5H2,1-2H3/b6-4+. The van der Waals surface area contributed by atoms with Crippen molar-refractivity contribution in [2.75, 3.05) is 6.61 Å². The number of aliphatic hydroxyl groups excluding tert-OH is 1. The van der Waals surface area contributed by atoms with Crippen LogP contribution in [0.2, 0.25) is 0 Å². The first-order valence-electron chi connectivity index (χ1n) is 3.55. The van der Waals surface area contributed by atoms with Gasteiger partial charge in [-0.25, -0.2) is 0 Å². The van der Waals surface area contributed by atoms with Crippen LogP contribution in [-0.4, -0.2) is 23.1 Å². The lowest BCUT2D eigenvalue weighted by Crippen LogP contribution is -2.35. The molecule has 3 heteroatoms. The third-order valence-corrected chi connectivity index (χ3v) is 1.72. The van der Waals surface area contributed by atoms with Crippen molar-refractivity contribution < 1.29 is 14.6 Å². The summed E-state index contributed by atoms with van der Waals surface area (Å²) in [6.45, 7) is 3.94. The summed E-state index contributed by atoms with van der Waals surface area (Å²) in [5.41, 5.74) is -0.00632. The Morgan fingerprint density at radius 1 is 1.64 bits per heavy atom. The van der Waals surface area contributed by atoms with E-state index in [-0.39, 0.29) is 18.0 Å². The average molecular weight is 156 g/mol. The predicted octanol–water partition coefficient (Wildman–Crippen LogP) is 1.20. The molecule has 0 atom stereocenters. The minimum Gasteiger partial charge on any atom is -0.515 e. The summed E-state index contributed by atoms with van der Waals surface area (Å²) in [5.74, 6) is -0.0243. The van der Waals surface area contributed by atoms with Gasteiger partial charge in [0.25, 0.3) is 0 Å². The molecule has 1 saturated heterocycles. The molecule has 1 aliphatic rings. The molecule has 3 nitrogen and oxygen atoms in total. The number of Topliss-reactive ketones (excluding diaryl/α,β-unsaturated/α-hetero) is 1. The molecule has 0 aromatic carbocycles. The van der Waals surface area contributed by atoms with Gasteiger partial charge in [0, 0.05) is 6.42 Å². The second-order valence-corrected chi connectivity index (χ2v) is 3.30. The summed E-state index contributed by atoms with van der Waals surface area (Å²) in [6.07, 6.45) is 1.18. The Morgan fingerprint density at radius 3 is 2.73 bits per heavy atom. The van der Waals surface area contributed by atoms with Crippen LogP contribution in [0, 0.1) is 0 Å². The largest absolute Gasteiger partial charge is 0.515 e. The molecule has 0 unspecified atom stereocenters. The van der Waals surface area contributed by atoms with E-state index in [1.54, 1.807) is 0 Å². The van der Waals surface area contributed by atoms with E-state index >= 15 is 0 Å². The third-order valence-electron chi connectivity index (χ3n) is 1.72. The summed E-state index contributed by atoms with van der Waals surface area (Å²) in [6, 6.07) is 0. The van der Waals surface area contributed by atoms with Crippen LogP contribution in [0.5, 0.6) is 0 Å². The molecule has 11 heavy (non-hydrogen) atoms. The van der Waals surface area contributed by atoms with E-state index in [9.17, 15) is 4.79 Å². The van der Waals surface area contributed by atoms with Crippen molar-refractivity contribution in [2.45, 2.75) is 25.9 Å². The van der Waals surface area contributed by atoms with E-state index in [0.29, 0.717) is 12.0 Å². The molecular weight excluding hydrogens is 144 g/mol. The van der Waals surface area contributed by atoms with Crippen LogP contribution in [0.15, 0.2) is 11.8 Å². The molecular formula is C8H12O3. The average Bonchev–Trinajstić information content (AvgIpc) is 1.86. The molecule has 1 aliphatic heterocycles. The monoisotopic (exact) mass is 156 g/mol. The third kappa shape index (κ3) is 1.80. The van der Waals surface area contributed by atoms with Crippen LogP contribution in [0.25, 0.3) is 0 Å². The van der Waals surface area contributed by atoms with E-state index in [1.807, 2.05) is 13.8 Å². The molecule has 1 fully saturated rings. The Morgan fingerprint density at radius 2 is 2.27 bits per heavy atom. The van der Waals surface area contributed by atoms with Crippen molar-refractivity contribution in [2.24, 2.45) is 0 Å². The van der Waals surface area contributed by atoms with Gasteiger partial charge in [-0.1, -0.05) is 0 Å². The summed E-state index contributed by atoms with van der Waals surface area (Å²) < 4.78 is 5.29. The van der Waals surface area contributed by atoms with Crippen LogP contribution >= 0.6 is 0 Å². The Kier molecular flexibility index (Phi) is 2.00. The highest BCUT2D eigenvalue weighted by Crippen LogP contribution is 2.23. The van der Waals surface area contributed by atoms with E-state index in [4.69, 9.17) is 9.84 Å². The van der Waals surface area contributed by atoms with Crippen LogP contribution in [0.1, 0.15) is 20.3 Å². The minimum absolute atomic E-state index is 0.0243. The first-order valence-corrected chi connectivity index (χ1v) is 3.55. The zero-order valence-electron chi connectivity index (χ0n) is 6.76. The SMILES string of the molecule is CC1(C)CC(=O)/C(=C/O)CO1. The number of carbonyl (C=O) groups excluding carboxylic acids is 1. The zero-order chi connectivity index (χ0) is 8.48. The molecule has 1 heterocycles. The number of hydrogen-bond donors (Lipinski definition) is 1. The van der Waals surface area contributed by atoms with Crippen molar-refractivity contribution >= 4 is 5.78 Å². The Bertz CT molecular complexity index is 203. The maximum atomic E-state index is 11.1. The van der Waals surface area contributed by atoms with Gasteiger partial charge < -0.3 is 9.84 Å². The second kappa shape index (κ2) is 2.66. The van der Waals surface area contributed by atoms with Gasteiger partial charge in [0.1, 0.15) is 0 Å². The summed E-state index contributed by atoms with van der Waals surface area (Å²) in [4.78, 5) is 11.1. The second-order valence-electron chi connectivity index (χ2n) is 3.30. The minimum atomic E-state index is -0.371. The lowest BCUT2D eigenvalue weighted by molar-refractivity contribution is -0.128. The van der Waals surface area contributed by atoms with Crippen molar-refractivity contribution in [3.8, 4) is 0 Å². The predicted molar refractivity (Wildman–Crippen MR) is 40.4 cm³/mol. The Labute approximate surface area is 65.7 Å². The van der Waals surface area contributed by atoms with Crippen molar-refractivity contribution in [1.82, 2.24) is 0 Å². The van der Waals surface area contributed by atoms with E-state index < -0.39 is 0 Å². The van der Waals surface area contributed by atoms with Gasteiger partial charge in [0.2, 0.25) is 0 Å². The Balaban J connectivity index is 2.70. The molecule has 1 N–H and O–H groups in total. The zero-order valence-corrected chi connectivity index (χ0v) is 6.76. The van der Waals surface area contributed by atoms with Crippen molar-refractivity contribution in [3.05, 3.63) is 11.8 Å². The maximum Gasteiger partial charge on any atom is 0.167 e. The number of carbonyl (C=O) groups is 1. The van der Waals surface area contributed by atoms with Gasteiger partial charge in [-0.3, -0.25) is 4.79 Å². The highest BCUT2D eigenvalue weighted by atomic mass is 16.5. The molecule has 0 bridgehead atoms. The molecule has 0 amide bonds. The Hall–Kier alpha value is -0.830. The molecule has 0 aliphatic carbocycles.